The SMILES string of the molecule is CCOc1ccc(N2C(=O)NC(=O)/C(=C\c3cc(I)c(OCC(=O)Nc4ccc(Cl)c(Cl)c4)c(OC)c3)C2=O)cc1. The van der Waals surface area contributed by atoms with Gasteiger partial charge in [-0.05, 0) is 95.8 Å². The summed E-state index contributed by atoms with van der Waals surface area (Å²) in [5, 5.41) is 5.51. The molecule has 10 nitrogen and oxygen atoms in total. The number of urea groups is 1. The van der Waals surface area contributed by atoms with Gasteiger partial charge in [0.2, 0.25) is 0 Å². The van der Waals surface area contributed by atoms with Crippen molar-refractivity contribution in [3.05, 3.63) is 79.3 Å². The fourth-order valence-electron chi connectivity index (χ4n) is 3.79. The summed E-state index contributed by atoms with van der Waals surface area (Å²) in [5.74, 6) is -0.967. The average Bonchev–Trinajstić information content (AvgIpc) is 2.93. The van der Waals surface area contributed by atoms with E-state index in [1.165, 1.54) is 19.3 Å². The zero-order valence-corrected chi connectivity index (χ0v) is 25.3. The molecule has 212 valence electrons. The normalized spacial score (nSPS) is 14.1. The van der Waals surface area contributed by atoms with Crippen LogP contribution < -0.4 is 29.7 Å². The van der Waals surface area contributed by atoms with E-state index in [4.69, 9.17) is 37.4 Å². The maximum atomic E-state index is 13.3. The van der Waals surface area contributed by atoms with Crippen LogP contribution in [0.4, 0.5) is 16.2 Å². The number of barbiturate groups is 1. The van der Waals surface area contributed by atoms with Gasteiger partial charge in [-0.25, -0.2) is 9.69 Å². The molecule has 1 fully saturated rings. The van der Waals surface area contributed by atoms with Crippen LogP contribution in [0.3, 0.4) is 0 Å². The van der Waals surface area contributed by atoms with Gasteiger partial charge in [-0.3, -0.25) is 19.7 Å². The first-order valence-electron chi connectivity index (χ1n) is 12.0. The Kier molecular flexibility index (Phi) is 9.73. The van der Waals surface area contributed by atoms with Crippen LogP contribution in [-0.4, -0.2) is 44.1 Å². The number of carbonyl (C=O) groups excluding carboxylic acids is 4. The zero-order valence-electron chi connectivity index (χ0n) is 21.6. The Hall–Kier alpha value is -3.81. The van der Waals surface area contributed by atoms with Crippen molar-refractivity contribution in [3.8, 4) is 17.2 Å². The van der Waals surface area contributed by atoms with Crippen LogP contribution in [0.5, 0.6) is 17.2 Å². The van der Waals surface area contributed by atoms with E-state index in [-0.39, 0.29) is 29.4 Å². The number of imide groups is 2. The minimum absolute atomic E-state index is 0.258. The number of hydrogen-bond acceptors (Lipinski definition) is 7. The smallest absolute Gasteiger partial charge is 0.335 e. The Labute approximate surface area is 258 Å². The molecule has 0 aromatic heterocycles. The molecule has 4 rings (SSSR count). The minimum Gasteiger partial charge on any atom is -0.494 e. The van der Waals surface area contributed by atoms with E-state index in [1.54, 1.807) is 48.5 Å². The molecule has 0 radical (unpaired) electrons. The molecule has 0 unspecified atom stereocenters. The highest BCUT2D eigenvalue weighted by Crippen LogP contribution is 2.35. The van der Waals surface area contributed by atoms with Gasteiger partial charge in [-0.1, -0.05) is 23.2 Å². The van der Waals surface area contributed by atoms with Crippen LogP contribution in [0.25, 0.3) is 6.08 Å². The Bertz CT molecular complexity index is 1560. The lowest BCUT2D eigenvalue weighted by Crippen LogP contribution is -2.54. The highest BCUT2D eigenvalue weighted by atomic mass is 127. The van der Waals surface area contributed by atoms with Gasteiger partial charge < -0.3 is 19.5 Å². The molecule has 1 heterocycles. The Morgan fingerprint density at radius 1 is 1.02 bits per heavy atom. The van der Waals surface area contributed by atoms with Gasteiger partial charge in [0, 0.05) is 5.69 Å². The topological polar surface area (TPSA) is 123 Å². The van der Waals surface area contributed by atoms with Crippen molar-refractivity contribution in [1.82, 2.24) is 5.32 Å². The van der Waals surface area contributed by atoms with Gasteiger partial charge >= 0.3 is 6.03 Å². The number of carbonyl (C=O) groups is 4. The second kappa shape index (κ2) is 13.2. The number of hydrogen-bond donors (Lipinski definition) is 2. The van der Waals surface area contributed by atoms with Gasteiger partial charge in [-0.15, -0.1) is 0 Å². The summed E-state index contributed by atoms with van der Waals surface area (Å²) in [6.07, 6.45) is 1.34. The van der Waals surface area contributed by atoms with E-state index in [0.29, 0.717) is 37.2 Å². The fourth-order valence-corrected chi connectivity index (χ4v) is 4.87. The summed E-state index contributed by atoms with van der Waals surface area (Å²) in [6.45, 7) is 1.96. The summed E-state index contributed by atoms with van der Waals surface area (Å²) in [5.41, 5.74) is 0.888. The van der Waals surface area contributed by atoms with Crippen LogP contribution in [0.2, 0.25) is 10.0 Å². The van der Waals surface area contributed by atoms with Gasteiger partial charge in [0.25, 0.3) is 17.7 Å². The first kappa shape index (κ1) is 30.2. The quantitative estimate of drug-likeness (QED) is 0.166. The number of nitrogens with zero attached hydrogens (tertiary/aromatic N) is 1. The van der Waals surface area contributed by atoms with E-state index in [2.05, 4.69) is 10.6 Å². The number of nitrogens with one attached hydrogen (secondary N) is 2. The third-order valence-corrected chi connectivity index (χ3v) is 7.16. The van der Waals surface area contributed by atoms with Crippen LogP contribution >= 0.6 is 45.8 Å². The van der Waals surface area contributed by atoms with Crippen molar-refractivity contribution in [2.75, 3.05) is 30.5 Å². The minimum atomic E-state index is -0.864. The molecule has 0 aliphatic carbocycles. The summed E-state index contributed by atoms with van der Waals surface area (Å²) < 4.78 is 17.1. The number of rotatable bonds is 9. The number of anilines is 2. The fraction of sp³-hybridized carbons (Fsp3) is 0.143. The molecule has 1 aliphatic rings. The average molecular weight is 710 g/mol. The predicted octanol–water partition coefficient (Wildman–Crippen LogP) is 5.69. The van der Waals surface area contributed by atoms with E-state index in [1.807, 2.05) is 29.5 Å². The van der Waals surface area contributed by atoms with E-state index in [0.717, 1.165) is 4.90 Å². The molecule has 2 N–H and O–H groups in total. The second-order valence-electron chi connectivity index (χ2n) is 8.38. The van der Waals surface area contributed by atoms with Gasteiger partial charge in [0.1, 0.15) is 11.3 Å². The second-order valence-corrected chi connectivity index (χ2v) is 10.4. The molecule has 5 amide bonds. The molecule has 3 aromatic carbocycles. The van der Waals surface area contributed by atoms with Crippen molar-refractivity contribution < 1.29 is 33.4 Å². The maximum Gasteiger partial charge on any atom is 0.335 e. The summed E-state index contributed by atoms with van der Waals surface area (Å²) >= 11 is 13.9. The van der Waals surface area contributed by atoms with Crippen molar-refractivity contribution in [2.45, 2.75) is 6.92 Å². The van der Waals surface area contributed by atoms with Gasteiger partial charge in [0.15, 0.2) is 18.1 Å². The largest absolute Gasteiger partial charge is 0.494 e. The Morgan fingerprint density at radius 3 is 2.41 bits per heavy atom. The molecule has 0 bridgehead atoms. The first-order chi connectivity index (χ1) is 19.6. The summed E-state index contributed by atoms with van der Waals surface area (Å²) in [4.78, 5) is 51.7. The lowest BCUT2D eigenvalue weighted by Gasteiger charge is -2.26. The number of methoxy groups -OCH3 is 1. The van der Waals surface area contributed by atoms with E-state index >= 15 is 0 Å². The molecule has 0 atom stereocenters. The number of amides is 5. The number of halogens is 3. The van der Waals surface area contributed by atoms with Crippen LogP contribution in [0.15, 0.2) is 60.2 Å². The lowest BCUT2D eigenvalue weighted by molar-refractivity contribution is -0.122. The van der Waals surface area contributed by atoms with Crippen LogP contribution in [-0.2, 0) is 14.4 Å². The van der Waals surface area contributed by atoms with Crippen molar-refractivity contribution >= 4 is 87.0 Å². The lowest BCUT2D eigenvalue weighted by atomic mass is 10.1. The van der Waals surface area contributed by atoms with E-state index < -0.39 is 23.8 Å². The highest BCUT2D eigenvalue weighted by Gasteiger charge is 2.37. The number of benzene rings is 3. The Morgan fingerprint density at radius 2 is 1.76 bits per heavy atom. The Balaban J connectivity index is 1.53. The molecule has 3 aromatic rings. The highest BCUT2D eigenvalue weighted by molar-refractivity contribution is 14.1. The summed E-state index contributed by atoms with van der Waals surface area (Å²) in [6, 6.07) is 13.3. The van der Waals surface area contributed by atoms with Crippen molar-refractivity contribution in [2.24, 2.45) is 0 Å². The third-order valence-electron chi connectivity index (χ3n) is 5.62. The standard InChI is InChI=1S/C28H22Cl2IN3O7/c1-3-40-18-7-5-17(6-8-18)34-27(37)19(26(36)33-28(34)38)10-15-11-22(31)25(23(12-15)39-2)41-14-24(35)32-16-4-9-20(29)21(30)13-16/h4-13H,3,14H2,1-2H3,(H,32,35)(H,33,36,38)/b19-10+. The molecular formula is C28H22Cl2IN3O7. The predicted molar refractivity (Wildman–Crippen MR) is 163 cm³/mol. The van der Waals surface area contributed by atoms with Crippen molar-refractivity contribution in [3.63, 3.8) is 0 Å². The summed E-state index contributed by atoms with van der Waals surface area (Å²) in [7, 11) is 1.41. The molecule has 0 spiro atoms. The molecular weight excluding hydrogens is 688 g/mol. The molecule has 41 heavy (non-hydrogen) atoms. The first-order valence-corrected chi connectivity index (χ1v) is 13.8. The molecule has 0 saturated carbocycles. The third kappa shape index (κ3) is 7.10. The van der Waals surface area contributed by atoms with Crippen LogP contribution in [0, 0.1) is 3.57 Å². The molecule has 1 saturated heterocycles. The monoisotopic (exact) mass is 709 g/mol. The zero-order chi connectivity index (χ0) is 29.7. The van der Waals surface area contributed by atoms with E-state index in [9.17, 15) is 19.2 Å². The molecule has 1 aliphatic heterocycles. The molecule has 13 heteroatoms. The van der Waals surface area contributed by atoms with Gasteiger partial charge in [0.05, 0.1) is 33.0 Å². The number of ether oxygens (including phenoxy) is 3. The van der Waals surface area contributed by atoms with Gasteiger partial charge in [-0.2, -0.15) is 0 Å². The van der Waals surface area contributed by atoms with Crippen LogP contribution in [0.1, 0.15) is 12.5 Å². The van der Waals surface area contributed by atoms with Crippen molar-refractivity contribution in [1.29, 1.82) is 0 Å². The maximum absolute atomic E-state index is 13.3.